The van der Waals surface area contributed by atoms with E-state index in [-0.39, 0.29) is 6.61 Å². The Kier molecular flexibility index (Phi) is 26.9. The molecule has 3 N–H and O–H groups in total. The summed E-state index contributed by atoms with van der Waals surface area (Å²) < 4.78 is 42.4. The Morgan fingerprint density at radius 2 is 1.32 bits per heavy atom. The van der Waals surface area contributed by atoms with Gasteiger partial charge in [0.05, 0.1) is 18.8 Å². The van der Waals surface area contributed by atoms with Crippen LogP contribution in [0.1, 0.15) is 61.3 Å². The topological polar surface area (TPSA) is 96.2 Å². The number of rotatable bonds is 6. The van der Waals surface area contributed by atoms with E-state index in [2.05, 4.69) is 18.6 Å². The third-order valence-electron chi connectivity index (χ3n) is 1.57. The quantitative estimate of drug-likeness (QED) is 0.484. The molecule has 0 aromatic rings. The lowest BCUT2D eigenvalue weighted by molar-refractivity contribution is -0.201. The molecule has 0 rings (SSSR count). The fourth-order valence-electron chi connectivity index (χ4n) is 0.646. The van der Waals surface area contributed by atoms with Crippen LogP contribution >= 0.6 is 0 Å². The highest BCUT2D eigenvalue weighted by atomic mass is 19.4. The van der Waals surface area contributed by atoms with Crippen molar-refractivity contribution in [3.05, 3.63) is 0 Å². The summed E-state index contributed by atoms with van der Waals surface area (Å²) in [6, 6.07) is 0. The maximum absolute atomic E-state index is 11.3. The predicted molar refractivity (Wildman–Crippen MR) is 89.9 cm³/mol. The van der Waals surface area contributed by atoms with E-state index in [0.29, 0.717) is 6.42 Å². The molecule has 6 nitrogen and oxygen atoms in total. The molecule has 9 heteroatoms. The SMILES string of the molecule is CC.CC(O)COC(=O)C(F)(F)F.CCC.CCC(O)OCC(C)O. The first kappa shape index (κ1) is 31.8. The van der Waals surface area contributed by atoms with Gasteiger partial charge in [0.15, 0.2) is 6.29 Å². The van der Waals surface area contributed by atoms with Crippen molar-refractivity contribution in [3.63, 3.8) is 0 Å². The van der Waals surface area contributed by atoms with Gasteiger partial charge in [-0.15, -0.1) is 0 Å². The molecule has 0 bridgehead atoms. The second-order valence-electron chi connectivity index (χ2n) is 4.70. The number of hydrogen-bond acceptors (Lipinski definition) is 6. The first-order chi connectivity index (χ1) is 11.4. The molecule has 156 valence electrons. The fraction of sp³-hybridized carbons (Fsp3) is 0.938. The summed E-state index contributed by atoms with van der Waals surface area (Å²) in [5.41, 5.74) is 0. The van der Waals surface area contributed by atoms with Crippen molar-refractivity contribution in [2.75, 3.05) is 13.2 Å². The van der Waals surface area contributed by atoms with Crippen molar-refractivity contribution in [2.24, 2.45) is 0 Å². The van der Waals surface area contributed by atoms with Crippen molar-refractivity contribution < 1.29 is 42.8 Å². The molecule has 0 heterocycles. The molecular formula is C16H35F3O6. The van der Waals surface area contributed by atoms with E-state index in [0.717, 1.165) is 0 Å². The number of alkyl halides is 3. The normalized spacial score (nSPS) is 13.5. The lowest BCUT2D eigenvalue weighted by Gasteiger charge is -2.10. The van der Waals surface area contributed by atoms with Crippen LogP contribution in [0.5, 0.6) is 0 Å². The van der Waals surface area contributed by atoms with Gasteiger partial charge in [-0.05, 0) is 20.3 Å². The van der Waals surface area contributed by atoms with E-state index < -0.39 is 37.3 Å². The van der Waals surface area contributed by atoms with Gasteiger partial charge in [-0.25, -0.2) is 4.79 Å². The molecule has 0 aromatic heterocycles. The molecule has 0 aromatic carbocycles. The first-order valence-electron chi connectivity index (χ1n) is 8.31. The van der Waals surface area contributed by atoms with E-state index in [9.17, 15) is 18.0 Å². The second-order valence-corrected chi connectivity index (χ2v) is 4.70. The Labute approximate surface area is 148 Å². The zero-order chi connectivity index (χ0) is 21.1. The number of aliphatic hydroxyl groups excluding tert-OH is 3. The van der Waals surface area contributed by atoms with E-state index >= 15 is 0 Å². The van der Waals surface area contributed by atoms with E-state index in [1.54, 1.807) is 6.92 Å². The number of carbonyl (C=O) groups excluding carboxylic acids is 1. The number of esters is 1. The summed E-state index contributed by atoms with van der Waals surface area (Å²) in [5.74, 6) is -2.28. The van der Waals surface area contributed by atoms with Crippen molar-refractivity contribution >= 4 is 5.97 Å². The molecule has 0 aliphatic rings. The smallest absolute Gasteiger partial charge is 0.456 e. The van der Waals surface area contributed by atoms with Crippen molar-refractivity contribution in [3.8, 4) is 0 Å². The lowest BCUT2D eigenvalue weighted by Crippen LogP contribution is -2.28. The van der Waals surface area contributed by atoms with Gasteiger partial charge in [-0.3, -0.25) is 0 Å². The summed E-state index contributed by atoms with van der Waals surface area (Å²) in [4.78, 5) is 9.91. The molecule has 0 fully saturated rings. The van der Waals surface area contributed by atoms with Gasteiger partial charge in [0.2, 0.25) is 0 Å². The van der Waals surface area contributed by atoms with Crippen LogP contribution in [0.4, 0.5) is 13.2 Å². The molecule has 3 unspecified atom stereocenters. The monoisotopic (exact) mass is 380 g/mol. The average molecular weight is 380 g/mol. The summed E-state index contributed by atoms with van der Waals surface area (Å²) in [6.07, 6.45) is -5.46. The van der Waals surface area contributed by atoms with Crippen molar-refractivity contribution in [2.45, 2.75) is 86.0 Å². The third kappa shape index (κ3) is 35.2. The van der Waals surface area contributed by atoms with Crippen LogP contribution < -0.4 is 0 Å². The largest absolute Gasteiger partial charge is 0.490 e. The van der Waals surface area contributed by atoms with Gasteiger partial charge >= 0.3 is 12.1 Å². The minimum Gasteiger partial charge on any atom is -0.456 e. The van der Waals surface area contributed by atoms with Gasteiger partial charge in [-0.1, -0.05) is 41.0 Å². The minimum absolute atomic E-state index is 0.203. The van der Waals surface area contributed by atoms with Crippen molar-refractivity contribution in [1.29, 1.82) is 0 Å². The minimum atomic E-state index is -4.98. The number of aliphatic hydroxyl groups is 3. The summed E-state index contributed by atoms with van der Waals surface area (Å²) >= 11 is 0. The molecule has 0 amide bonds. The third-order valence-corrected chi connectivity index (χ3v) is 1.57. The summed E-state index contributed by atoms with van der Waals surface area (Å²) in [6.45, 7) is 12.5. The van der Waals surface area contributed by atoms with Gasteiger partial charge in [0.25, 0.3) is 0 Å². The van der Waals surface area contributed by atoms with E-state index in [1.807, 2.05) is 20.8 Å². The highest BCUT2D eigenvalue weighted by molar-refractivity contribution is 5.75. The van der Waals surface area contributed by atoms with Crippen LogP contribution in [0.25, 0.3) is 0 Å². The number of ether oxygens (including phenoxy) is 2. The van der Waals surface area contributed by atoms with Crippen LogP contribution in [-0.4, -0.2) is 59.2 Å². The predicted octanol–water partition coefficient (Wildman–Crippen LogP) is 3.03. The Balaban J connectivity index is -0.000000142. The van der Waals surface area contributed by atoms with Crippen LogP contribution in [-0.2, 0) is 14.3 Å². The maximum atomic E-state index is 11.3. The van der Waals surface area contributed by atoms with Crippen LogP contribution in [0, 0.1) is 0 Å². The zero-order valence-corrected chi connectivity index (χ0v) is 16.3. The van der Waals surface area contributed by atoms with Gasteiger partial charge in [0, 0.05) is 0 Å². The molecule has 0 saturated heterocycles. The van der Waals surface area contributed by atoms with E-state index in [1.165, 1.54) is 13.3 Å². The van der Waals surface area contributed by atoms with Crippen LogP contribution in [0.2, 0.25) is 0 Å². The summed E-state index contributed by atoms with van der Waals surface area (Å²) in [5, 5.41) is 25.9. The highest BCUT2D eigenvalue weighted by Gasteiger charge is 2.40. The molecule has 0 spiro atoms. The average Bonchev–Trinajstić information content (AvgIpc) is 2.52. The van der Waals surface area contributed by atoms with Gasteiger partial charge < -0.3 is 24.8 Å². The number of carbonyl (C=O) groups is 1. The van der Waals surface area contributed by atoms with Crippen molar-refractivity contribution in [1.82, 2.24) is 0 Å². The standard InChI is InChI=1S/C6H14O3.C5H7F3O3.C3H8.C2H6/c1-3-6(8)9-4-5(2)7;1-3(9)2-11-4(10)5(6,7)8;1-3-2;1-2/h5-8H,3-4H2,1-2H3;3,9H,2H2,1H3;3H2,1-2H3;1-2H3. The number of hydrogen-bond donors (Lipinski definition) is 3. The fourth-order valence-corrected chi connectivity index (χ4v) is 0.646. The van der Waals surface area contributed by atoms with Gasteiger partial charge in [-0.2, -0.15) is 13.2 Å². The Bertz CT molecular complexity index is 271. The second kappa shape index (κ2) is 21.1. The van der Waals surface area contributed by atoms with E-state index in [4.69, 9.17) is 20.1 Å². The number of halogens is 3. The molecule has 0 saturated carbocycles. The molecule has 0 aliphatic carbocycles. The molecular weight excluding hydrogens is 345 g/mol. The molecule has 0 radical (unpaired) electrons. The molecule has 0 aliphatic heterocycles. The lowest BCUT2D eigenvalue weighted by atomic mass is 10.4. The van der Waals surface area contributed by atoms with Crippen LogP contribution in [0.15, 0.2) is 0 Å². The Hall–Kier alpha value is -0.900. The Morgan fingerprint density at radius 1 is 0.960 bits per heavy atom. The molecule has 25 heavy (non-hydrogen) atoms. The highest BCUT2D eigenvalue weighted by Crippen LogP contribution is 2.16. The Morgan fingerprint density at radius 3 is 1.56 bits per heavy atom. The summed E-state index contributed by atoms with van der Waals surface area (Å²) in [7, 11) is 0. The zero-order valence-electron chi connectivity index (χ0n) is 16.3. The maximum Gasteiger partial charge on any atom is 0.490 e. The first-order valence-corrected chi connectivity index (χ1v) is 8.31. The van der Waals surface area contributed by atoms with Gasteiger partial charge in [0.1, 0.15) is 6.61 Å². The molecule has 3 atom stereocenters. The van der Waals surface area contributed by atoms with Crippen LogP contribution in [0.3, 0.4) is 0 Å².